The van der Waals surface area contributed by atoms with Crippen molar-refractivity contribution in [1.82, 2.24) is 5.32 Å². The Hall–Kier alpha value is -3.45. The largest absolute Gasteiger partial charge is 0.497 e. The number of hydrogen-bond donors (Lipinski definition) is 2. The van der Waals surface area contributed by atoms with Crippen LogP contribution in [0.3, 0.4) is 0 Å². The third-order valence-corrected chi connectivity index (χ3v) is 4.12. The topological polar surface area (TPSA) is 89.8 Å². The molecule has 0 radical (unpaired) electrons. The van der Waals surface area contributed by atoms with Crippen LogP contribution in [-0.2, 0) is 11.4 Å². The zero-order valence-corrected chi connectivity index (χ0v) is 16.4. The second kappa shape index (κ2) is 9.66. The number of rotatable bonds is 8. The molecule has 3 aromatic rings. The maximum atomic E-state index is 12.2. The van der Waals surface area contributed by atoms with Crippen molar-refractivity contribution in [3.05, 3.63) is 77.2 Å². The number of anilines is 1. The molecule has 0 saturated heterocycles. The number of methoxy groups -OCH3 is 1. The summed E-state index contributed by atoms with van der Waals surface area (Å²) in [6, 6.07) is 16.9. The van der Waals surface area contributed by atoms with E-state index in [1.165, 1.54) is 6.07 Å². The van der Waals surface area contributed by atoms with Crippen molar-refractivity contribution in [2.24, 2.45) is 0 Å². The molecule has 0 atom stereocenters. The third-order valence-electron chi connectivity index (χ3n) is 3.86. The minimum atomic E-state index is -0.493. The normalized spacial score (nSPS) is 10.3. The Bertz CT molecular complexity index is 967. The van der Waals surface area contributed by atoms with E-state index in [0.717, 1.165) is 0 Å². The van der Waals surface area contributed by atoms with Crippen LogP contribution in [0.2, 0.25) is 5.02 Å². The minimum absolute atomic E-state index is 0.0944. The highest BCUT2D eigenvalue weighted by molar-refractivity contribution is 6.30. The molecule has 29 heavy (non-hydrogen) atoms. The zero-order valence-electron chi connectivity index (χ0n) is 15.6. The number of carbonyl (C=O) groups excluding carboxylic acids is 2. The van der Waals surface area contributed by atoms with Gasteiger partial charge in [0.1, 0.15) is 23.9 Å². The van der Waals surface area contributed by atoms with E-state index in [1.807, 2.05) is 0 Å². The first kappa shape index (κ1) is 20.3. The smallest absolute Gasteiger partial charge is 0.287 e. The number of amides is 2. The van der Waals surface area contributed by atoms with Gasteiger partial charge in [0.05, 0.1) is 13.7 Å². The molecule has 3 rings (SSSR count). The van der Waals surface area contributed by atoms with Crippen LogP contribution < -0.4 is 20.1 Å². The molecule has 2 aromatic carbocycles. The minimum Gasteiger partial charge on any atom is -0.497 e. The van der Waals surface area contributed by atoms with E-state index >= 15 is 0 Å². The van der Waals surface area contributed by atoms with Crippen LogP contribution in [-0.4, -0.2) is 25.5 Å². The first-order chi connectivity index (χ1) is 14.0. The van der Waals surface area contributed by atoms with Gasteiger partial charge in [0.2, 0.25) is 5.91 Å². The highest BCUT2D eigenvalue weighted by Crippen LogP contribution is 2.18. The van der Waals surface area contributed by atoms with Gasteiger partial charge in [-0.25, -0.2) is 0 Å². The lowest BCUT2D eigenvalue weighted by Gasteiger charge is -2.07. The number of carbonyl (C=O) groups is 2. The summed E-state index contributed by atoms with van der Waals surface area (Å²) in [7, 11) is 1.56. The van der Waals surface area contributed by atoms with Crippen LogP contribution in [0, 0.1) is 0 Å². The summed E-state index contributed by atoms with van der Waals surface area (Å²) in [5.74, 6) is 1.04. The van der Waals surface area contributed by atoms with Crippen LogP contribution >= 0.6 is 11.6 Å². The van der Waals surface area contributed by atoms with Gasteiger partial charge < -0.3 is 24.5 Å². The van der Waals surface area contributed by atoms with Gasteiger partial charge in [-0.1, -0.05) is 11.6 Å². The standard InChI is InChI=1S/C21H19ClN2O5/c1-27-16-8-4-15(5-9-16)24-20(25)12-23-21(26)19-11-10-18(29-19)13-28-17-6-2-14(22)3-7-17/h2-11H,12-13H2,1H3,(H,23,26)(H,24,25). The number of furan rings is 1. The summed E-state index contributed by atoms with van der Waals surface area (Å²) in [5.41, 5.74) is 0.602. The second-order valence-corrected chi connectivity index (χ2v) is 6.40. The van der Waals surface area contributed by atoms with Crippen LogP contribution in [0.1, 0.15) is 16.3 Å². The molecule has 0 saturated carbocycles. The highest BCUT2D eigenvalue weighted by atomic mass is 35.5. The first-order valence-corrected chi connectivity index (χ1v) is 9.10. The Kier molecular flexibility index (Phi) is 6.76. The van der Waals surface area contributed by atoms with Gasteiger partial charge in [0.15, 0.2) is 5.76 Å². The van der Waals surface area contributed by atoms with Crippen molar-refractivity contribution in [2.45, 2.75) is 6.61 Å². The van der Waals surface area contributed by atoms with Crippen molar-refractivity contribution in [1.29, 1.82) is 0 Å². The summed E-state index contributed by atoms with van der Waals surface area (Å²) in [6.45, 7) is -0.0327. The third kappa shape index (κ3) is 6.02. The molecule has 0 fully saturated rings. The maximum absolute atomic E-state index is 12.2. The van der Waals surface area contributed by atoms with E-state index in [2.05, 4.69) is 10.6 Å². The Morgan fingerprint density at radius 3 is 2.34 bits per heavy atom. The summed E-state index contributed by atoms with van der Waals surface area (Å²) in [5, 5.41) is 5.80. The Morgan fingerprint density at radius 1 is 0.966 bits per heavy atom. The van der Waals surface area contributed by atoms with Crippen molar-refractivity contribution in [3.8, 4) is 11.5 Å². The van der Waals surface area contributed by atoms with E-state index in [-0.39, 0.29) is 24.8 Å². The lowest BCUT2D eigenvalue weighted by molar-refractivity contribution is -0.115. The summed E-state index contributed by atoms with van der Waals surface area (Å²) in [4.78, 5) is 24.1. The molecule has 1 aromatic heterocycles. The molecule has 0 unspecified atom stereocenters. The van der Waals surface area contributed by atoms with Crippen molar-refractivity contribution in [2.75, 3.05) is 19.0 Å². The Balaban J connectivity index is 1.45. The fourth-order valence-corrected chi connectivity index (χ4v) is 2.52. The maximum Gasteiger partial charge on any atom is 0.287 e. The predicted molar refractivity (Wildman–Crippen MR) is 108 cm³/mol. The molecule has 7 nitrogen and oxygen atoms in total. The van der Waals surface area contributed by atoms with E-state index < -0.39 is 5.91 Å². The Morgan fingerprint density at radius 2 is 1.66 bits per heavy atom. The van der Waals surface area contributed by atoms with E-state index in [9.17, 15) is 9.59 Å². The molecule has 8 heteroatoms. The average Bonchev–Trinajstić information content (AvgIpc) is 3.21. The van der Waals surface area contributed by atoms with Gasteiger partial charge >= 0.3 is 0 Å². The average molecular weight is 415 g/mol. The molecule has 1 heterocycles. The summed E-state index contributed by atoms with van der Waals surface area (Å²) >= 11 is 5.82. The van der Waals surface area contributed by atoms with Crippen LogP contribution in [0.15, 0.2) is 65.1 Å². The predicted octanol–water partition coefficient (Wildman–Crippen LogP) is 3.89. The molecular formula is C21H19ClN2O5. The molecule has 0 aliphatic carbocycles. The quantitative estimate of drug-likeness (QED) is 0.583. The van der Waals surface area contributed by atoms with E-state index in [0.29, 0.717) is 28.0 Å². The summed E-state index contributed by atoms with van der Waals surface area (Å²) in [6.07, 6.45) is 0. The van der Waals surface area contributed by atoms with Gasteiger partial charge in [-0.15, -0.1) is 0 Å². The monoisotopic (exact) mass is 414 g/mol. The van der Waals surface area contributed by atoms with Gasteiger partial charge in [-0.2, -0.15) is 0 Å². The number of benzene rings is 2. The van der Waals surface area contributed by atoms with Crippen molar-refractivity contribution in [3.63, 3.8) is 0 Å². The molecule has 150 valence electrons. The van der Waals surface area contributed by atoms with Gasteiger partial charge in [0, 0.05) is 10.7 Å². The first-order valence-electron chi connectivity index (χ1n) is 8.72. The highest BCUT2D eigenvalue weighted by Gasteiger charge is 2.13. The SMILES string of the molecule is COc1ccc(NC(=O)CNC(=O)c2ccc(COc3ccc(Cl)cc3)o2)cc1. The molecule has 0 aliphatic heterocycles. The number of ether oxygens (including phenoxy) is 2. The fraction of sp³-hybridized carbons (Fsp3) is 0.143. The van der Waals surface area contributed by atoms with Crippen LogP contribution in [0.5, 0.6) is 11.5 Å². The van der Waals surface area contributed by atoms with Gasteiger partial charge in [0.25, 0.3) is 5.91 Å². The summed E-state index contributed by atoms with van der Waals surface area (Å²) < 4.78 is 16.1. The fourth-order valence-electron chi connectivity index (χ4n) is 2.39. The lowest BCUT2D eigenvalue weighted by Crippen LogP contribution is -2.32. The molecule has 0 aliphatic rings. The Labute approximate surface area is 172 Å². The number of hydrogen-bond acceptors (Lipinski definition) is 5. The van der Waals surface area contributed by atoms with Gasteiger partial charge in [-0.3, -0.25) is 9.59 Å². The van der Waals surface area contributed by atoms with Gasteiger partial charge in [-0.05, 0) is 60.7 Å². The lowest BCUT2D eigenvalue weighted by atomic mass is 10.3. The molecular weight excluding hydrogens is 396 g/mol. The van der Waals surface area contributed by atoms with Crippen LogP contribution in [0.4, 0.5) is 5.69 Å². The van der Waals surface area contributed by atoms with E-state index in [1.54, 1.807) is 61.7 Å². The zero-order chi connectivity index (χ0) is 20.6. The molecule has 2 amide bonds. The van der Waals surface area contributed by atoms with Crippen LogP contribution in [0.25, 0.3) is 0 Å². The molecule has 0 bridgehead atoms. The number of nitrogens with one attached hydrogen (secondary N) is 2. The van der Waals surface area contributed by atoms with Crippen molar-refractivity contribution < 1.29 is 23.5 Å². The number of halogens is 1. The van der Waals surface area contributed by atoms with E-state index in [4.69, 9.17) is 25.5 Å². The molecule has 0 spiro atoms. The second-order valence-electron chi connectivity index (χ2n) is 5.97. The van der Waals surface area contributed by atoms with Crippen molar-refractivity contribution >= 4 is 29.1 Å². The molecule has 2 N–H and O–H groups in total.